The Morgan fingerprint density at radius 3 is 1.75 bits per heavy atom. The minimum absolute atomic E-state index is 0.0923. The van der Waals surface area contributed by atoms with E-state index in [1.54, 1.807) is 0 Å². The van der Waals surface area contributed by atoms with Gasteiger partial charge < -0.3 is 25.8 Å². The van der Waals surface area contributed by atoms with Crippen LogP contribution in [0.5, 0.6) is 5.75 Å². The maximum atomic E-state index is 11.1. The van der Waals surface area contributed by atoms with Gasteiger partial charge in [-0.2, -0.15) is 0 Å². The Kier molecular flexibility index (Phi) is 15.3. The van der Waals surface area contributed by atoms with E-state index in [1.807, 2.05) is 30.3 Å². The minimum Gasteiger partial charge on any atom is -0.481 e. The molecule has 0 aliphatic carbocycles. The summed E-state index contributed by atoms with van der Waals surface area (Å²) in [7, 11) is 0. The lowest BCUT2D eigenvalue weighted by Crippen LogP contribution is -2.61. The SMILES string of the molecule is CCCCCCCC(C)C(Oc1ccccc1)(c1c(CCCC)cc(CN)cc1CCCC)C(CO)(CO)CO. The molecule has 5 nitrogen and oxygen atoms in total. The summed E-state index contributed by atoms with van der Waals surface area (Å²) in [5, 5.41) is 33.2. The second-order valence-electron chi connectivity index (χ2n) is 11.7. The van der Waals surface area contributed by atoms with Crippen LogP contribution in [0.2, 0.25) is 0 Å². The van der Waals surface area contributed by atoms with Gasteiger partial charge in [0.05, 0.1) is 25.2 Å². The molecule has 226 valence electrons. The van der Waals surface area contributed by atoms with Crippen LogP contribution in [-0.4, -0.2) is 35.1 Å². The summed E-state index contributed by atoms with van der Waals surface area (Å²) in [5.74, 6) is 0.580. The van der Waals surface area contributed by atoms with Crippen molar-refractivity contribution in [2.24, 2.45) is 17.1 Å². The zero-order valence-corrected chi connectivity index (χ0v) is 25.8. The monoisotopic (exact) mass is 555 g/mol. The Labute approximate surface area is 244 Å². The molecule has 0 saturated heterocycles. The van der Waals surface area contributed by atoms with Crippen molar-refractivity contribution in [2.75, 3.05) is 19.8 Å². The van der Waals surface area contributed by atoms with Crippen molar-refractivity contribution in [3.05, 3.63) is 64.7 Å². The van der Waals surface area contributed by atoms with Crippen molar-refractivity contribution in [3.8, 4) is 5.75 Å². The molecule has 0 saturated carbocycles. The smallest absolute Gasteiger partial charge is 0.149 e. The molecule has 0 aromatic heterocycles. The molecular formula is C35H57NO4. The molecule has 0 aliphatic rings. The van der Waals surface area contributed by atoms with E-state index in [0.717, 1.165) is 80.0 Å². The number of nitrogens with two attached hydrogens (primary N) is 1. The zero-order valence-electron chi connectivity index (χ0n) is 25.8. The fourth-order valence-corrected chi connectivity index (χ4v) is 6.29. The van der Waals surface area contributed by atoms with Gasteiger partial charge in [-0.05, 0) is 60.9 Å². The number of hydrogen-bond acceptors (Lipinski definition) is 5. The number of aryl methyl sites for hydroxylation is 2. The van der Waals surface area contributed by atoms with Crippen LogP contribution in [0.4, 0.5) is 0 Å². The van der Waals surface area contributed by atoms with Crippen LogP contribution in [0, 0.1) is 11.3 Å². The van der Waals surface area contributed by atoms with Gasteiger partial charge in [0.25, 0.3) is 0 Å². The Balaban J connectivity index is 2.95. The highest BCUT2D eigenvalue weighted by Crippen LogP contribution is 2.53. The molecule has 0 amide bonds. The summed E-state index contributed by atoms with van der Waals surface area (Å²) < 4.78 is 7.17. The summed E-state index contributed by atoms with van der Waals surface area (Å²) >= 11 is 0. The van der Waals surface area contributed by atoms with Crippen LogP contribution in [0.15, 0.2) is 42.5 Å². The molecule has 5 N–H and O–H groups in total. The third-order valence-electron chi connectivity index (χ3n) is 8.72. The van der Waals surface area contributed by atoms with E-state index in [2.05, 4.69) is 39.8 Å². The number of para-hydroxylation sites is 1. The van der Waals surface area contributed by atoms with Crippen molar-refractivity contribution >= 4 is 0 Å². The first-order valence-corrected chi connectivity index (χ1v) is 15.8. The number of aliphatic hydroxyl groups is 3. The first kappa shape index (κ1) is 34.3. The Morgan fingerprint density at radius 1 is 0.750 bits per heavy atom. The molecule has 2 aromatic carbocycles. The van der Waals surface area contributed by atoms with E-state index in [1.165, 1.54) is 19.3 Å². The Morgan fingerprint density at radius 2 is 1.27 bits per heavy atom. The molecule has 0 aliphatic heterocycles. The summed E-state index contributed by atoms with van der Waals surface area (Å²) in [6.07, 6.45) is 12.4. The first-order valence-electron chi connectivity index (χ1n) is 15.8. The lowest BCUT2D eigenvalue weighted by Gasteiger charge is -2.53. The van der Waals surface area contributed by atoms with E-state index in [-0.39, 0.29) is 5.92 Å². The van der Waals surface area contributed by atoms with Crippen LogP contribution in [-0.2, 0) is 25.0 Å². The van der Waals surface area contributed by atoms with Crippen LogP contribution < -0.4 is 10.5 Å². The van der Waals surface area contributed by atoms with E-state index in [0.29, 0.717) is 12.3 Å². The van der Waals surface area contributed by atoms with Gasteiger partial charge in [0.15, 0.2) is 0 Å². The van der Waals surface area contributed by atoms with Crippen molar-refractivity contribution in [2.45, 2.75) is 117 Å². The fourth-order valence-electron chi connectivity index (χ4n) is 6.29. The quantitative estimate of drug-likeness (QED) is 0.124. The Hall–Kier alpha value is -1.92. The van der Waals surface area contributed by atoms with Crippen LogP contribution in [0.3, 0.4) is 0 Å². The van der Waals surface area contributed by atoms with Gasteiger partial charge in [-0.15, -0.1) is 0 Å². The number of aliphatic hydroxyl groups excluding tert-OH is 3. The molecule has 2 atom stereocenters. The van der Waals surface area contributed by atoms with Crippen molar-refractivity contribution in [1.29, 1.82) is 0 Å². The number of ether oxygens (including phenoxy) is 1. The largest absolute Gasteiger partial charge is 0.481 e. The predicted molar refractivity (Wildman–Crippen MR) is 167 cm³/mol. The number of benzene rings is 2. The van der Waals surface area contributed by atoms with Gasteiger partial charge in [0, 0.05) is 18.0 Å². The van der Waals surface area contributed by atoms with Crippen molar-refractivity contribution < 1.29 is 20.1 Å². The highest BCUT2D eigenvalue weighted by Gasteiger charge is 2.58. The highest BCUT2D eigenvalue weighted by molar-refractivity contribution is 5.47. The average molecular weight is 556 g/mol. The van der Waals surface area contributed by atoms with E-state index in [4.69, 9.17) is 10.5 Å². The van der Waals surface area contributed by atoms with Crippen molar-refractivity contribution in [1.82, 2.24) is 0 Å². The van der Waals surface area contributed by atoms with E-state index >= 15 is 0 Å². The van der Waals surface area contributed by atoms with E-state index < -0.39 is 30.8 Å². The van der Waals surface area contributed by atoms with Gasteiger partial charge in [-0.1, -0.05) is 103 Å². The molecule has 40 heavy (non-hydrogen) atoms. The van der Waals surface area contributed by atoms with Crippen molar-refractivity contribution in [3.63, 3.8) is 0 Å². The molecule has 0 heterocycles. The third-order valence-corrected chi connectivity index (χ3v) is 8.72. The van der Waals surface area contributed by atoms with Crippen LogP contribution >= 0.6 is 0 Å². The Bertz CT molecular complexity index is 922. The summed E-state index contributed by atoms with van der Waals surface area (Å²) in [5.41, 5.74) is 8.18. The minimum atomic E-state index is -1.31. The molecule has 0 bridgehead atoms. The summed E-state index contributed by atoms with van der Waals surface area (Å²) in [6, 6.07) is 14.1. The summed E-state index contributed by atoms with van der Waals surface area (Å²) in [4.78, 5) is 0. The topological polar surface area (TPSA) is 95.9 Å². The first-order chi connectivity index (χ1) is 19.4. The molecule has 5 heteroatoms. The second kappa shape index (κ2) is 17.8. The van der Waals surface area contributed by atoms with Crippen LogP contribution in [0.25, 0.3) is 0 Å². The van der Waals surface area contributed by atoms with Gasteiger partial charge in [-0.25, -0.2) is 0 Å². The number of rotatable bonds is 21. The van der Waals surface area contributed by atoms with E-state index in [9.17, 15) is 15.3 Å². The molecule has 0 radical (unpaired) electrons. The number of hydrogen-bond donors (Lipinski definition) is 4. The highest BCUT2D eigenvalue weighted by atomic mass is 16.5. The fraction of sp³-hybridized carbons (Fsp3) is 0.657. The lowest BCUT2D eigenvalue weighted by molar-refractivity contribution is -0.172. The van der Waals surface area contributed by atoms with Gasteiger partial charge in [0.1, 0.15) is 11.4 Å². The maximum Gasteiger partial charge on any atom is 0.149 e. The normalized spacial score (nSPS) is 14.2. The average Bonchev–Trinajstić information content (AvgIpc) is 2.99. The number of unbranched alkanes of at least 4 members (excludes halogenated alkanes) is 6. The molecule has 0 spiro atoms. The van der Waals surface area contributed by atoms with Gasteiger partial charge >= 0.3 is 0 Å². The third kappa shape index (κ3) is 8.09. The molecule has 0 fully saturated rings. The van der Waals surface area contributed by atoms with Gasteiger partial charge in [0.2, 0.25) is 0 Å². The summed E-state index contributed by atoms with van der Waals surface area (Å²) in [6.45, 7) is 8.04. The molecule has 2 unspecified atom stereocenters. The molecule has 2 aromatic rings. The maximum absolute atomic E-state index is 11.1. The lowest BCUT2D eigenvalue weighted by atomic mass is 9.59. The second-order valence-corrected chi connectivity index (χ2v) is 11.7. The van der Waals surface area contributed by atoms with Crippen LogP contribution in [0.1, 0.15) is 114 Å². The standard InChI is InChI=1S/C35H57NO4/c1-5-8-11-12-14-17-28(4)35(34(25-37,26-38)27-39,40-32-20-15-13-16-21-32)33-30(18-9-6-2)22-29(24-36)23-31(33)19-10-7-3/h13,15-16,20-23,28,37-39H,5-12,14,17-19,24-27,36H2,1-4H3. The van der Waals surface area contributed by atoms with Gasteiger partial charge in [-0.3, -0.25) is 0 Å². The predicted octanol–water partition coefficient (Wildman–Crippen LogP) is 7.06. The molecular weight excluding hydrogens is 498 g/mol. The molecule has 2 rings (SSSR count). The zero-order chi connectivity index (χ0) is 29.4.